The highest BCUT2D eigenvalue weighted by Gasteiger charge is 2.56. The fourth-order valence-electron chi connectivity index (χ4n) is 9.95. The molecule has 1 heterocycles. The average molecular weight is 589 g/mol. The van der Waals surface area contributed by atoms with Crippen LogP contribution in [0.3, 0.4) is 0 Å². The number of rotatable bonds is 2. The summed E-state index contributed by atoms with van der Waals surface area (Å²) in [7, 11) is 0. The summed E-state index contributed by atoms with van der Waals surface area (Å²) in [6, 6.07) is 60.4. The van der Waals surface area contributed by atoms with Crippen molar-refractivity contribution in [2.24, 2.45) is 0 Å². The predicted molar refractivity (Wildman–Crippen MR) is 183 cm³/mol. The molecule has 0 unspecified atom stereocenters. The van der Waals surface area contributed by atoms with Gasteiger partial charge in [0.2, 0.25) is 0 Å². The number of benzene rings is 6. The van der Waals surface area contributed by atoms with E-state index in [2.05, 4.69) is 158 Å². The van der Waals surface area contributed by atoms with Crippen molar-refractivity contribution >= 4 is 11.3 Å². The van der Waals surface area contributed by atoms with Gasteiger partial charge in [0.05, 0.1) is 10.8 Å². The van der Waals surface area contributed by atoms with Crippen LogP contribution in [-0.4, -0.2) is 0 Å². The molecule has 0 spiro atoms. The van der Waals surface area contributed by atoms with E-state index >= 15 is 0 Å². The molecule has 7 aromatic rings. The van der Waals surface area contributed by atoms with Crippen molar-refractivity contribution in [2.45, 2.75) is 22.7 Å². The molecule has 0 aliphatic heterocycles. The maximum Gasteiger partial charge on any atom is 0.0803 e. The van der Waals surface area contributed by atoms with Crippen LogP contribution in [0.5, 0.6) is 0 Å². The van der Waals surface area contributed by atoms with Gasteiger partial charge in [-0.1, -0.05) is 146 Å². The summed E-state index contributed by atoms with van der Waals surface area (Å²) in [6.45, 7) is 0. The molecule has 0 radical (unpaired) electrons. The molecule has 45 heavy (non-hydrogen) atoms. The number of hydrogen-bond donors (Lipinski definition) is 0. The van der Waals surface area contributed by atoms with Gasteiger partial charge in [-0.2, -0.15) is 0 Å². The van der Waals surface area contributed by atoms with Crippen molar-refractivity contribution < 1.29 is 0 Å². The van der Waals surface area contributed by atoms with Gasteiger partial charge in [0, 0.05) is 21.6 Å². The third-order valence-electron chi connectivity index (χ3n) is 11.4. The smallest absolute Gasteiger partial charge is 0.0803 e. The lowest BCUT2D eigenvalue weighted by molar-refractivity contribution is 0.638. The lowest BCUT2D eigenvalue weighted by Crippen LogP contribution is -2.43. The summed E-state index contributed by atoms with van der Waals surface area (Å²) < 4.78 is 0. The molecule has 0 nitrogen and oxygen atoms in total. The zero-order valence-electron chi connectivity index (χ0n) is 24.6. The number of hydrogen-bond acceptors (Lipinski definition) is 1. The first-order valence-corrected chi connectivity index (χ1v) is 16.8. The van der Waals surface area contributed by atoms with Crippen molar-refractivity contribution in [3.8, 4) is 0 Å². The highest BCUT2D eigenvalue weighted by molar-refractivity contribution is 7.12. The Hall–Kier alpha value is -4.98. The Morgan fingerprint density at radius 3 is 0.756 bits per heavy atom. The molecule has 1 aromatic heterocycles. The molecule has 0 atom stereocenters. The first-order chi connectivity index (χ1) is 22.3. The number of thiophene rings is 1. The van der Waals surface area contributed by atoms with Crippen molar-refractivity contribution in [1.29, 1.82) is 0 Å². The summed E-state index contributed by atoms with van der Waals surface area (Å²) in [5.41, 5.74) is 16.6. The third-order valence-corrected chi connectivity index (χ3v) is 12.7. The fourth-order valence-corrected chi connectivity index (χ4v) is 11.4. The van der Waals surface area contributed by atoms with Crippen LogP contribution in [0.1, 0.15) is 88.4 Å². The highest BCUT2D eigenvalue weighted by Crippen LogP contribution is 2.66. The van der Waals surface area contributed by atoms with E-state index in [-0.39, 0.29) is 22.7 Å². The van der Waals surface area contributed by atoms with Crippen LogP contribution >= 0.6 is 11.3 Å². The monoisotopic (exact) mass is 588 g/mol. The Bertz CT molecular complexity index is 1970. The van der Waals surface area contributed by atoms with Gasteiger partial charge < -0.3 is 0 Å². The molecule has 1 heteroatoms. The molecule has 0 saturated carbocycles. The van der Waals surface area contributed by atoms with Gasteiger partial charge in [-0.05, 0) is 78.9 Å². The van der Waals surface area contributed by atoms with Gasteiger partial charge in [-0.25, -0.2) is 0 Å². The zero-order valence-corrected chi connectivity index (χ0v) is 25.4. The standard InChI is InChI=1S/C44H28S/c1-7-19-33-27(13-1)41-28-14-2-8-20-34(28)43(33,35-21-9-3-15-29(35)41)39-25-26-40(45-39)44-36-22-10-4-16-30(36)42(31-17-5-11-23-37(31)44)32-18-6-12-24-38(32)44/h1-26,41-42H. The molecule has 6 aliphatic rings. The van der Waals surface area contributed by atoms with Gasteiger partial charge in [0.25, 0.3) is 0 Å². The van der Waals surface area contributed by atoms with E-state index in [0.717, 1.165) is 0 Å². The predicted octanol–water partition coefficient (Wildman–Crippen LogP) is 10.1. The van der Waals surface area contributed by atoms with Gasteiger partial charge in [0.1, 0.15) is 0 Å². The molecule has 4 bridgehead atoms. The molecule has 210 valence electrons. The second kappa shape index (κ2) is 8.38. The van der Waals surface area contributed by atoms with Crippen molar-refractivity contribution in [2.75, 3.05) is 0 Å². The summed E-state index contributed by atoms with van der Waals surface area (Å²) in [4.78, 5) is 2.80. The quantitative estimate of drug-likeness (QED) is 0.188. The average Bonchev–Trinajstić information content (AvgIpc) is 3.62. The second-order valence-corrected chi connectivity index (χ2v) is 14.1. The van der Waals surface area contributed by atoms with Crippen LogP contribution < -0.4 is 0 Å². The van der Waals surface area contributed by atoms with Crippen LogP contribution in [-0.2, 0) is 10.8 Å². The van der Waals surface area contributed by atoms with Crippen LogP contribution in [0.25, 0.3) is 0 Å². The molecule has 6 aromatic carbocycles. The molecule has 0 amide bonds. The van der Waals surface area contributed by atoms with Gasteiger partial charge >= 0.3 is 0 Å². The lowest BCUT2D eigenvalue weighted by Gasteiger charge is -2.51. The van der Waals surface area contributed by atoms with E-state index < -0.39 is 0 Å². The molecular formula is C44H28S. The largest absolute Gasteiger partial charge is 0.142 e. The minimum atomic E-state index is -0.359. The summed E-state index contributed by atoms with van der Waals surface area (Å²) >= 11 is 2.02. The second-order valence-electron chi connectivity index (χ2n) is 13.1. The minimum Gasteiger partial charge on any atom is -0.142 e. The molecule has 0 N–H and O–H groups in total. The Morgan fingerprint density at radius 1 is 0.289 bits per heavy atom. The third kappa shape index (κ3) is 2.65. The first-order valence-electron chi connectivity index (χ1n) is 16.0. The molecular weight excluding hydrogens is 561 g/mol. The normalized spacial score (nSPS) is 23.7. The van der Waals surface area contributed by atoms with Gasteiger partial charge in [-0.15, -0.1) is 11.3 Å². The Morgan fingerprint density at radius 2 is 0.511 bits per heavy atom. The van der Waals surface area contributed by atoms with Crippen molar-refractivity contribution in [1.82, 2.24) is 0 Å². The Balaban J connectivity index is 1.27. The summed E-state index contributed by atoms with van der Waals surface area (Å²) in [5.74, 6) is 0.542. The highest BCUT2D eigenvalue weighted by atomic mass is 32.1. The van der Waals surface area contributed by atoms with Crippen LogP contribution in [0.4, 0.5) is 0 Å². The maximum atomic E-state index is 2.47. The SMILES string of the molecule is c1ccc2c(c1)C1c3ccccc3C2(c2ccc(C34c5ccccc5C(c5ccccc53)c3ccccc34)s2)c2ccccc21. The van der Waals surface area contributed by atoms with E-state index in [0.29, 0.717) is 0 Å². The van der Waals surface area contributed by atoms with E-state index in [4.69, 9.17) is 0 Å². The Kier molecular flexibility index (Phi) is 4.54. The van der Waals surface area contributed by atoms with Crippen LogP contribution in [0.2, 0.25) is 0 Å². The minimum absolute atomic E-state index is 0.271. The maximum absolute atomic E-state index is 2.47. The topological polar surface area (TPSA) is 0 Å². The summed E-state index contributed by atoms with van der Waals surface area (Å²) in [5, 5.41) is 0. The van der Waals surface area contributed by atoms with E-state index in [1.54, 1.807) is 0 Å². The van der Waals surface area contributed by atoms with Gasteiger partial charge in [-0.3, -0.25) is 0 Å². The lowest BCUT2D eigenvalue weighted by atomic mass is 9.52. The van der Waals surface area contributed by atoms with Crippen LogP contribution in [0.15, 0.2) is 158 Å². The van der Waals surface area contributed by atoms with Gasteiger partial charge in [0.15, 0.2) is 0 Å². The molecule has 0 saturated heterocycles. The van der Waals surface area contributed by atoms with Crippen LogP contribution in [0, 0.1) is 0 Å². The molecule has 13 rings (SSSR count). The van der Waals surface area contributed by atoms with E-state index in [1.807, 2.05) is 11.3 Å². The van der Waals surface area contributed by atoms with Crippen molar-refractivity contribution in [3.05, 3.63) is 234 Å². The van der Waals surface area contributed by atoms with E-state index in [1.165, 1.54) is 76.5 Å². The van der Waals surface area contributed by atoms with E-state index in [9.17, 15) is 0 Å². The molecule has 6 aliphatic carbocycles. The Labute approximate surface area is 267 Å². The zero-order chi connectivity index (χ0) is 29.3. The molecule has 0 fully saturated rings. The first kappa shape index (κ1) is 24.4. The van der Waals surface area contributed by atoms with Crippen molar-refractivity contribution in [3.63, 3.8) is 0 Å². The summed E-state index contributed by atoms with van der Waals surface area (Å²) in [6.07, 6.45) is 0. The fraction of sp³-hybridized carbons (Fsp3) is 0.0909.